The molecule has 186 valence electrons. The number of aromatic nitrogens is 4. The molecule has 2 aromatic heterocycles. The van der Waals surface area contributed by atoms with Crippen LogP contribution >= 0.6 is 11.6 Å². The van der Waals surface area contributed by atoms with Gasteiger partial charge in [0.2, 0.25) is 5.78 Å². The van der Waals surface area contributed by atoms with Gasteiger partial charge >= 0.3 is 10.3 Å². The van der Waals surface area contributed by atoms with Crippen LogP contribution in [0.1, 0.15) is 34.5 Å². The van der Waals surface area contributed by atoms with Crippen LogP contribution in [0.2, 0.25) is 5.02 Å². The van der Waals surface area contributed by atoms with Crippen LogP contribution in [-0.2, 0) is 21.0 Å². The van der Waals surface area contributed by atoms with Gasteiger partial charge in [0.1, 0.15) is 23.7 Å². The number of nitrogens with two attached hydrogens (primary N) is 1. The van der Waals surface area contributed by atoms with Gasteiger partial charge in [0.05, 0.1) is 24.8 Å². The molecule has 0 saturated heterocycles. The zero-order valence-electron chi connectivity index (χ0n) is 18.2. The van der Waals surface area contributed by atoms with E-state index >= 15 is 0 Å². The first-order valence-electron chi connectivity index (χ1n) is 10.5. The first-order valence-corrected chi connectivity index (χ1v) is 12.4. The summed E-state index contributed by atoms with van der Waals surface area (Å²) in [4.78, 5) is 21.2. The average Bonchev–Trinajstić information content (AvgIpc) is 3.40. The summed E-state index contributed by atoms with van der Waals surface area (Å²) in [5.74, 6) is -1.14. The number of carbonyl (C=O) groups is 1. The molecule has 1 aliphatic carbocycles. The molecule has 2 heterocycles. The van der Waals surface area contributed by atoms with E-state index in [0.717, 1.165) is 0 Å². The second kappa shape index (κ2) is 10.3. The molecule has 0 bridgehead atoms. The van der Waals surface area contributed by atoms with E-state index in [4.69, 9.17) is 16.7 Å². The molecule has 3 aromatic rings. The van der Waals surface area contributed by atoms with E-state index in [1.54, 1.807) is 18.3 Å². The monoisotopic (exact) mass is 524 g/mol. The number of anilines is 1. The van der Waals surface area contributed by atoms with Gasteiger partial charge in [0, 0.05) is 34.9 Å². The lowest BCUT2D eigenvalue weighted by Gasteiger charge is -2.15. The van der Waals surface area contributed by atoms with Crippen molar-refractivity contribution in [1.29, 1.82) is 0 Å². The van der Waals surface area contributed by atoms with Gasteiger partial charge in [-0.05, 0) is 31.0 Å². The number of nitrogens with zero attached hydrogens (tertiary/aromatic N) is 4. The van der Waals surface area contributed by atoms with Gasteiger partial charge in [-0.3, -0.25) is 13.7 Å². The number of carbonyl (C=O) groups excluding carboxylic acids is 1. The molecule has 0 amide bonds. The third-order valence-electron chi connectivity index (χ3n) is 5.62. The molecule has 1 saturated carbocycles. The number of rotatable bonds is 9. The van der Waals surface area contributed by atoms with E-state index in [-0.39, 0.29) is 47.7 Å². The van der Waals surface area contributed by atoms with Gasteiger partial charge in [-0.15, -0.1) is 0 Å². The second-order valence-electron chi connectivity index (χ2n) is 8.17. The summed E-state index contributed by atoms with van der Waals surface area (Å²) in [6.07, 6.45) is 4.02. The van der Waals surface area contributed by atoms with Crippen LogP contribution in [0.4, 0.5) is 10.2 Å². The minimum absolute atomic E-state index is 0.106. The Bertz CT molecular complexity index is 1340. The molecular weight excluding hydrogens is 503 g/mol. The number of ketones is 1. The van der Waals surface area contributed by atoms with E-state index in [1.807, 2.05) is 0 Å². The fourth-order valence-electron chi connectivity index (χ4n) is 3.92. The molecule has 3 atom stereocenters. The van der Waals surface area contributed by atoms with E-state index in [2.05, 4.69) is 24.6 Å². The van der Waals surface area contributed by atoms with E-state index in [0.29, 0.717) is 12.0 Å². The number of benzene rings is 1. The maximum absolute atomic E-state index is 14.1. The van der Waals surface area contributed by atoms with Crippen molar-refractivity contribution in [2.24, 2.45) is 11.1 Å². The summed E-state index contributed by atoms with van der Waals surface area (Å²) >= 11 is 5.78. The van der Waals surface area contributed by atoms with Gasteiger partial charge in [-0.25, -0.2) is 19.5 Å². The Morgan fingerprint density at radius 2 is 2.14 bits per heavy atom. The quantitative estimate of drug-likeness (QED) is 0.352. The van der Waals surface area contributed by atoms with Crippen molar-refractivity contribution >= 4 is 33.5 Å². The molecule has 1 aromatic carbocycles. The standard InChI is InChI=1S/C21H22ClFN6O5S/c22-14-2-1-12(17(23)6-14)9-29-4-3-18(28-29)20(31)16-8-25-11-26-21(16)27-15-5-13(19(30)7-15)10-34-35(24,32)33/h1-4,6,8,11,13,15,19,30H,5,7,9-10H2,(H2,24,32,33)(H,25,26,27)/t13-,15-,19+/m1/s1. The number of hydrogen-bond acceptors (Lipinski definition) is 9. The molecule has 0 radical (unpaired) electrons. The van der Waals surface area contributed by atoms with Crippen LogP contribution in [0.15, 0.2) is 43.0 Å². The van der Waals surface area contributed by atoms with Crippen molar-refractivity contribution in [2.45, 2.75) is 31.5 Å². The van der Waals surface area contributed by atoms with Crippen LogP contribution < -0.4 is 10.5 Å². The Balaban J connectivity index is 1.45. The van der Waals surface area contributed by atoms with Gasteiger partial charge in [-0.2, -0.15) is 13.5 Å². The molecule has 1 fully saturated rings. The minimum Gasteiger partial charge on any atom is -0.393 e. The normalized spacial score (nSPS) is 20.2. The molecule has 11 nitrogen and oxygen atoms in total. The Labute approximate surface area is 205 Å². The smallest absolute Gasteiger partial charge is 0.333 e. The summed E-state index contributed by atoms with van der Waals surface area (Å²) in [5, 5.41) is 22.7. The zero-order valence-corrected chi connectivity index (χ0v) is 19.8. The topological polar surface area (TPSA) is 162 Å². The summed E-state index contributed by atoms with van der Waals surface area (Å²) < 4.78 is 42.2. The van der Waals surface area contributed by atoms with E-state index in [9.17, 15) is 22.7 Å². The predicted octanol–water partition coefficient (Wildman–Crippen LogP) is 1.52. The maximum Gasteiger partial charge on any atom is 0.333 e. The van der Waals surface area contributed by atoms with Crippen LogP contribution in [0.3, 0.4) is 0 Å². The molecule has 0 unspecified atom stereocenters. The van der Waals surface area contributed by atoms with Crippen LogP contribution in [0, 0.1) is 11.7 Å². The van der Waals surface area contributed by atoms with E-state index in [1.165, 1.54) is 29.3 Å². The van der Waals surface area contributed by atoms with Crippen LogP contribution in [-0.4, -0.2) is 57.8 Å². The summed E-state index contributed by atoms with van der Waals surface area (Å²) in [6, 6.07) is 5.53. The third kappa shape index (κ3) is 6.38. The van der Waals surface area contributed by atoms with Crippen molar-refractivity contribution in [3.63, 3.8) is 0 Å². The number of halogens is 2. The zero-order chi connectivity index (χ0) is 25.2. The van der Waals surface area contributed by atoms with Gasteiger partial charge < -0.3 is 10.4 Å². The number of aliphatic hydroxyl groups excluding tert-OH is 1. The molecule has 0 spiro atoms. The summed E-state index contributed by atoms with van der Waals surface area (Å²) in [6.45, 7) is -0.145. The molecular formula is C21H22ClFN6O5S. The Morgan fingerprint density at radius 1 is 1.34 bits per heavy atom. The molecule has 14 heteroatoms. The van der Waals surface area contributed by atoms with Crippen molar-refractivity contribution < 1.29 is 26.9 Å². The van der Waals surface area contributed by atoms with Gasteiger partial charge in [-0.1, -0.05) is 17.7 Å². The molecule has 35 heavy (non-hydrogen) atoms. The van der Waals surface area contributed by atoms with Crippen molar-refractivity contribution in [1.82, 2.24) is 19.7 Å². The van der Waals surface area contributed by atoms with Crippen molar-refractivity contribution in [3.05, 3.63) is 70.6 Å². The first kappa shape index (κ1) is 25.1. The lowest BCUT2D eigenvalue weighted by Crippen LogP contribution is -2.24. The summed E-state index contributed by atoms with van der Waals surface area (Å²) in [7, 11) is -4.11. The predicted molar refractivity (Wildman–Crippen MR) is 123 cm³/mol. The Hall–Kier alpha value is -2.97. The van der Waals surface area contributed by atoms with Crippen LogP contribution in [0.25, 0.3) is 0 Å². The third-order valence-corrected chi connectivity index (χ3v) is 6.32. The van der Waals surface area contributed by atoms with Crippen LogP contribution in [0.5, 0.6) is 0 Å². The highest BCUT2D eigenvalue weighted by molar-refractivity contribution is 7.84. The Kier molecular flexibility index (Phi) is 7.42. The lowest BCUT2D eigenvalue weighted by atomic mass is 10.1. The first-order chi connectivity index (χ1) is 16.6. The molecule has 0 aliphatic heterocycles. The number of hydrogen-bond donors (Lipinski definition) is 3. The average molecular weight is 525 g/mol. The van der Waals surface area contributed by atoms with Crippen molar-refractivity contribution in [2.75, 3.05) is 11.9 Å². The Morgan fingerprint density at radius 3 is 2.89 bits per heavy atom. The summed E-state index contributed by atoms with van der Waals surface area (Å²) in [5.41, 5.74) is 0.639. The fraction of sp³-hybridized carbons (Fsp3) is 0.333. The largest absolute Gasteiger partial charge is 0.393 e. The number of nitrogens with one attached hydrogen (secondary N) is 1. The van der Waals surface area contributed by atoms with E-state index < -0.39 is 33.9 Å². The second-order valence-corrected chi connectivity index (χ2v) is 9.82. The minimum atomic E-state index is -4.11. The molecule has 4 rings (SSSR count). The molecule has 1 aliphatic rings. The molecule has 4 N–H and O–H groups in total. The fourth-order valence-corrected chi connectivity index (χ4v) is 4.44. The number of aliphatic hydroxyl groups is 1. The van der Waals surface area contributed by atoms with Crippen molar-refractivity contribution in [3.8, 4) is 0 Å². The van der Waals surface area contributed by atoms with Gasteiger partial charge in [0.25, 0.3) is 0 Å². The maximum atomic E-state index is 14.1. The highest BCUT2D eigenvalue weighted by atomic mass is 35.5. The highest BCUT2D eigenvalue weighted by Gasteiger charge is 2.34. The SMILES string of the molecule is NS(=O)(=O)OC[C@H]1C[C@@H](Nc2ncncc2C(=O)c2ccn(Cc3ccc(Cl)cc3F)n2)C[C@@H]1O. The lowest BCUT2D eigenvalue weighted by molar-refractivity contribution is 0.101. The van der Waals surface area contributed by atoms with Gasteiger partial charge in [0.15, 0.2) is 0 Å². The highest BCUT2D eigenvalue weighted by Crippen LogP contribution is 2.30.